The van der Waals surface area contributed by atoms with Gasteiger partial charge in [-0.15, -0.1) is 0 Å². The third-order valence-electron chi connectivity index (χ3n) is 3.66. The van der Waals surface area contributed by atoms with Crippen LogP contribution in [0.25, 0.3) is 0 Å². The first-order valence-corrected chi connectivity index (χ1v) is 8.20. The van der Waals surface area contributed by atoms with Gasteiger partial charge in [-0.25, -0.2) is 0 Å². The lowest BCUT2D eigenvalue weighted by atomic mass is 9.98. The Morgan fingerprint density at radius 1 is 0.783 bits per heavy atom. The van der Waals surface area contributed by atoms with E-state index in [0.717, 1.165) is 15.6 Å². The minimum Gasteiger partial charge on any atom is -0.341 e. The molecule has 1 amide bonds. The SMILES string of the molecule is O=C(NC(c1ccccc1)c1ccccc1Br)c1ccccc1. The molecule has 1 unspecified atom stereocenters. The highest BCUT2D eigenvalue weighted by Crippen LogP contribution is 2.28. The molecule has 0 aromatic heterocycles. The second kappa shape index (κ2) is 7.25. The molecule has 0 spiro atoms. The molecule has 3 aromatic rings. The van der Waals surface area contributed by atoms with Crippen molar-refractivity contribution >= 4 is 21.8 Å². The zero-order chi connectivity index (χ0) is 16.1. The minimum absolute atomic E-state index is 0.0878. The molecule has 0 radical (unpaired) electrons. The predicted molar refractivity (Wildman–Crippen MR) is 96.3 cm³/mol. The number of halogens is 1. The first-order valence-electron chi connectivity index (χ1n) is 7.41. The first kappa shape index (κ1) is 15.5. The fraction of sp³-hybridized carbons (Fsp3) is 0.0500. The molecule has 1 atom stereocenters. The van der Waals surface area contributed by atoms with Gasteiger partial charge in [0, 0.05) is 10.0 Å². The molecule has 3 heteroatoms. The normalized spacial score (nSPS) is 11.7. The van der Waals surface area contributed by atoms with Crippen LogP contribution in [0.4, 0.5) is 0 Å². The van der Waals surface area contributed by atoms with E-state index in [0.29, 0.717) is 5.56 Å². The minimum atomic E-state index is -0.209. The summed E-state index contributed by atoms with van der Waals surface area (Å²) < 4.78 is 0.974. The number of benzene rings is 3. The highest BCUT2D eigenvalue weighted by atomic mass is 79.9. The summed E-state index contributed by atoms with van der Waals surface area (Å²) in [6, 6.07) is 27.0. The van der Waals surface area contributed by atoms with Crippen molar-refractivity contribution in [2.24, 2.45) is 0 Å². The number of amides is 1. The van der Waals surface area contributed by atoms with E-state index in [-0.39, 0.29) is 11.9 Å². The molecule has 0 saturated heterocycles. The van der Waals surface area contributed by atoms with Crippen molar-refractivity contribution in [1.29, 1.82) is 0 Å². The van der Waals surface area contributed by atoms with E-state index in [9.17, 15) is 4.79 Å². The van der Waals surface area contributed by atoms with Gasteiger partial charge in [-0.3, -0.25) is 4.79 Å². The lowest BCUT2D eigenvalue weighted by molar-refractivity contribution is 0.0943. The third-order valence-corrected chi connectivity index (χ3v) is 4.38. The van der Waals surface area contributed by atoms with E-state index in [1.54, 1.807) is 0 Å². The predicted octanol–water partition coefficient (Wildman–Crippen LogP) is 4.97. The van der Waals surface area contributed by atoms with Gasteiger partial charge < -0.3 is 5.32 Å². The van der Waals surface area contributed by atoms with Gasteiger partial charge in [0.1, 0.15) is 0 Å². The fourth-order valence-electron chi connectivity index (χ4n) is 2.50. The van der Waals surface area contributed by atoms with Crippen LogP contribution in [-0.4, -0.2) is 5.91 Å². The zero-order valence-electron chi connectivity index (χ0n) is 12.4. The van der Waals surface area contributed by atoms with E-state index in [1.807, 2.05) is 84.9 Å². The van der Waals surface area contributed by atoms with Crippen LogP contribution in [0, 0.1) is 0 Å². The zero-order valence-corrected chi connectivity index (χ0v) is 14.0. The van der Waals surface area contributed by atoms with Gasteiger partial charge in [-0.1, -0.05) is 82.7 Å². The summed E-state index contributed by atoms with van der Waals surface area (Å²) in [7, 11) is 0. The van der Waals surface area contributed by atoms with Gasteiger partial charge in [-0.05, 0) is 29.3 Å². The lowest BCUT2D eigenvalue weighted by Crippen LogP contribution is -2.29. The van der Waals surface area contributed by atoms with E-state index < -0.39 is 0 Å². The Morgan fingerprint density at radius 3 is 2.00 bits per heavy atom. The second-order valence-electron chi connectivity index (χ2n) is 5.20. The standard InChI is InChI=1S/C20H16BrNO/c21-18-14-8-7-13-17(18)19(15-9-3-1-4-10-15)22-20(23)16-11-5-2-6-12-16/h1-14,19H,(H,22,23). The molecule has 0 heterocycles. The van der Waals surface area contributed by atoms with Crippen LogP contribution in [0.15, 0.2) is 89.4 Å². The molecule has 3 rings (SSSR count). The Labute approximate surface area is 144 Å². The summed E-state index contributed by atoms with van der Waals surface area (Å²) in [5.41, 5.74) is 2.73. The van der Waals surface area contributed by atoms with Gasteiger partial charge in [-0.2, -0.15) is 0 Å². The van der Waals surface area contributed by atoms with Crippen LogP contribution in [-0.2, 0) is 0 Å². The van der Waals surface area contributed by atoms with Gasteiger partial charge in [0.2, 0.25) is 0 Å². The van der Waals surface area contributed by atoms with Crippen molar-refractivity contribution in [3.05, 3.63) is 106 Å². The topological polar surface area (TPSA) is 29.1 Å². The molecule has 0 aliphatic carbocycles. The van der Waals surface area contributed by atoms with Crippen LogP contribution in [0.5, 0.6) is 0 Å². The van der Waals surface area contributed by atoms with Gasteiger partial charge in [0.25, 0.3) is 5.91 Å². The Balaban J connectivity index is 1.97. The van der Waals surface area contributed by atoms with Crippen LogP contribution in [0.1, 0.15) is 27.5 Å². The number of hydrogen-bond donors (Lipinski definition) is 1. The Hall–Kier alpha value is -2.39. The smallest absolute Gasteiger partial charge is 0.252 e. The van der Waals surface area contributed by atoms with Crippen LogP contribution in [0.2, 0.25) is 0 Å². The quantitative estimate of drug-likeness (QED) is 0.694. The molecule has 0 saturated carbocycles. The summed E-state index contributed by atoms with van der Waals surface area (Å²) >= 11 is 3.59. The maximum absolute atomic E-state index is 12.6. The molecule has 1 N–H and O–H groups in total. The van der Waals surface area contributed by atoms with Crippen molar-refractivity contribution in [2.45, 2.75) is 6.04 Å². The molecule has 3 aromatic carbocycles. The van der Waals surface area contributed by atoms with Crippen molar-refractivity contribution in [1.82, 2.24) is 5.32 Å². The number of carbonyl (C=O) groups excluding carboxylic acids is 1. The summed E-state index contributed by atoms with van der Waals surface area (Å²) in [6.07, 6.45) is 0. The average Bonchev–Trinajstić information content (AvgIpc) is 2.62. The van der Waals surface area contributed by atoms with E-state index in [2.05, 4.69) is 21.2 Å². The Bertz CT molecular complexity index is 787. The molecule has 0 bridgehead atoms. The molecule has 2 nitrogen and oxygen atoms in total. The highest BCUT2D eigenvalue weighted by Gasteiger charge is 2.19. The molecule has 0 aliphatic rings. The Kier molecular flexibility index (Phi) is 4.89. The van der Waals surface area contributed by atoms with Gasteiger partial charge in [0.05, 0.1) is 6.04 Å². The second-order valence-corrected chi connectivity index (χ2v) is 6.06. The van der Waals surface area contributed by atoms with E-state index in [1.165, 1.54) is 0 Å². The number of hydrogen-bond acceptors (Lipinski definition) is 1. The van der Waals surface area contributed by atoms with Crippen molar-refractivity contribution in [3.8, 4) is 0 Å². The molecule has 0 aliphatic heterocycles. The van der Waals surface area contributed by atoms with E-state index >= 15 is 0 Å². The van der Waals surface area contributed by atoms with Crippen LogP contribution >= 0.6 is 15.9 Å². The average molecular weight is 366 g/mol. The van der Waals surface area contributed by atoms with Crippen molar-refractivity contribution in [3.63, 3.8) is 0 Å². The van der Waals surface area contributed by atoms with Gasteiger partial charge >= 0.3 is 0 Å². The van der Waals surface area contributed by atoms with Gasteiger partial charge in [0.15, 0.2) is 0 Å². The van der Waals surface area contributed by atoms with E-state index in [4.69, 9.17) is 0 Å². The largest absolute Gasteiger partial charge is 0.341 e. The Morgan fingerprint density at radius 2 is 1.35 bits per heavy atom. The van der Waals surface area contributed by atoms with Crippen LogP contribution < -0.4 is 5.32 Å². The van der Waals surface area contributed by atoms with Crippen molar-refractivity contribution in [2.75, 3.05) is 0 Å². The summed E-state index contributed by atoms with van der Waals surface area (Å²) in [4.78, 5) is 12.6. The summed E-state index contributed by atoms with van der Waals surface area (Å²) in [5, 5.41) is 3.14. The summed E-state index contributed by atoms with van der Waals surface area (Å²) in [6.45, 7) is 0. The third kappa shape index (κ3) is 3.69. The highest BCUT2D eigenvalue weighted by molar-refractivity contribution is 9.10. The van der Waals surface area contributed by atoms with Crippen LogP contribution in [0.3, 0.4) is 0 Å². The molecule has 114 valence electrons. The first-order chi connectivity index (χ1) is 11.3. The lowest BCUT2D eigenvalue weighted by Gasteiger charge is -2.21. The summed E-state index contributed by atoms with van der Waals surface area (Å²) in [5.74, 6) is -0.0878. The van der Waals surface area contributed by atoms with Crippen molar-refractivity contribution < 1.29 is 4.79 Å². The monoisotopic (exact) mass is 365 g/mol. The molecule has 0 fully saturated rings. The fourth-order valence-corrected chi connectivity index (χ4v) is 3.01. The number of carbonyl (C=O) groups is 1. The number of rotatable bonds is 4. The molecular formula is C20H16BrNO. The molecular weight excluding hydrogens is 350 g/mol. The molecule has 23 heavy (non-hydrogen) atoms. The maximum atomic E-state index is 12.6. The maximum Gasteiger partial charge on any atom is 0.252 e. The number of nitrogens with one attached hydrogen (secondary N) is 1.